The highest BCUT2D eigenvalue weighted by Crippen LogP contribution is 2.13. The number of nitrogens with one attached hydrogen (secondary N) is 2. The summed E-state index contributed by atoms with van der Waals surface area (Å²) >= 11 is 0. The average Bonchev–Trinajstić information content (AvgIpc) is 2.69. The molecule has 0 aliphatic carbocycles. The van der Waals surface area contributed by atoms with Gasteiger partial charge in [0.1, 0.15) is 11.6 Å². The number of anilines is 2. The Morgan fingerprint density at radius 1 is 0.964 bits per heavy atom. The molecular formula is C22H24N4O2. The monoisotopic (exact) mass is 376 g/mol. The Balaban J connectivity index is 1.47. The maximum atomic E-state index is 12.2. The van der Waals surface area contributed by atoms with E-state index < -0.39 is 0 Å². The van der Waals surface area contributed by atoms with E-state index >= 15 is 0 Å². The summed E-state index contributed by atoms with van der Waals surface area (Å²) < 4.78 is 5.23. The normalized spacial score (nSPS) is 10.4. The number of methoxy groups -OCH3 is 1. The largest absolute Gasteiger partial charge is 0.497 e. The van der Waals surface area contributed by atoms with Crippen molar-refractivity contribution in [3.63, 3.8) is 0 Å². The quantitative estimate of drug-likeness (QED) is 0.628. The van der Waals surface area contributed by atoms with E-state index in [-0.39, 0.29) is 5.91 Å². The highest BCUT2D eigenvalue weighted by Gasteiger charge is 2.06. The lowest BCUT2D eigenvalue weighted by atomic mass is 10.1. The van der Waals surface area contributed by atoms with Gasteiger partial charge in [0.25, 0.3) is 0 Å². The van der Waals surface area contributed by atoms with E-state index in [2.05, 4.69) is 26.9 Å². The molecule has 3 aromatic rings. The summed E-state index contributed by atoms with van der Waals surface area (Å²) in [5.41, 5.74) is 3.29. The fourth-order valence-corrected chi connectivity index (χ4v) is 2.85. The third-order valence-electron chi connectivity index (χ3n) is 4.23. The van der Waals surface area contributed by atoms with Crippen LogP contribution in [0, 0.1) is 6.92 Å². The molecule has 0 fully saturated rings. The third kappa shape index (κ3) is 5.81. The van der Waals surface area contributed by atoms with E-state index in [1.165, 1.54) is 5.56 Å². The van der Waals surface area contributed by atoms with Gasteiger partial charge in [-0.3, -0.25) is 4.79 Å². The Morgan fingerprint density at radius 2 is 1.71 bits per heavy atom. The van der Waals surface area contributed by atoms with Gasteiger partial charge in [-0.25, -0.2) is 0 Å². The molecule has 0 atom stereocenters. The summed E-state index contributed by atoms with van der Waals surface area (Å²) in [6.45, 7) is 2.73. The van der Waals surface area contributed by atoms with Gasteiger partial charge in [0.2, 0.25) is 5.91 Å². The van der Waals surface area contributed by atoms with Crippen LogP contribution < -0.4 is 15.4 Å². The Kier molecular flexibility index (Phi) is 6.57. The van der Waals surface area contributed by atoms with E-state index in [0.717, 1.165) is 29.8 Å². The van der Waals surface area contributed by atoms with Crippen molar-refractivity contribution in [2.75, 3.05) is 24.3 Å². The van der Waals surface area contributed by atoms with Gasteiger partial charge in [0.15, 0.2) is 5.82 Å². The van der Waals surface area contributed by atoms with Crippen LogP contribution in [0.5, 0.6) is 5.75 Å². The third-order valence-corrected chi connectivity index (χ3v) is 4.23. The van der Waals surface area contributed by atoms with Crippen LogP contribution >= 0.6 is 0 Å². The van der Waals surface area contributed by atoms with Gasteiger partial charge < -0.3 is 15.4 Å². The highest BCUT2D eigenvalue weighted by atomic mass is 16.5. The SMILES string of the molecule is COc1cccc(CCNc2ccc(NC(=O)Cc3cccc(C)c3)nn2)c1. The zero-order chi connectivity index (χ0) is 19.8. The molecule has 0 unspecified atom stereocenters. The average molecular weight is 376 g/mol. The van der Waals surface area contributed by atoms with Gasteiger partial charge in [-0.1, -0.05) is 42.0 Å². The van der Waals surface area contributed by atoms with Crippen molar-refractivity contribution in [1.29, 1.82) is 0 Å². The van der Waals surface area contributed by atoms with Gasteiger partial charge in [-0.15, -0.1) is 10.2 Å². The minimum absolute atomic E-state index is 0.112. The zero-order valence-corrected chi connectivity index (χ0v) is 16.1. The number of nitrogens with zero attached hydrogens (tertiary/aromatic N) is 2. The Labute approximate surface area is 165 Å². The van der Waals surface area contributed by atoms with Crippen LogP contribution in [0.15, 0.2) is 60.7 Å². The maximum Gasteiger partial charge on any atom is 0.229 e. The second kappa shape index (κ2) is 9.50. The molecule has 6 heteroatoms. The molecular weight excluding hydrogens is 352 g/mol. The van der Waals surface area contributed by atoms with Gasteiger partial charge in [0.05, 0.1) is 13.5 Å². The lowest BCUT2D eigenvalue weighted by Gasteiger charge is -2.08. The zero-order valence-electron chi connectivity index (χ0n) is 16.1. The van der Waals surface area contributed by atoms with E-state index in [4.69, 9.17) is 4.74 Å². The Bertz CT molecular complexity index is 926. The van der Waals surface area contributed by atoms with Gasteiger partial charge in [-0.2, -0.15) is 0 Å². The molecule has 1 aromatic heterocycles. The minimum atomic E-state index is -0.112. The molecule has 0 radical (unpaired) electrons. The number of amides is 1. The molecule has 2 N–H and O–H groups in total. The predicted molar refractivity (Wildman–Crippen MR) is 111 cm³/mol. The summed E-state index contributed by atoms with van der Waals surface area (Å²) in [7, 11) is 1.66. The van der Waals surface area contributed by atoms with Crippen LogP contribution in [-0.4, -0.2) is 29.8 Å². The molecule has 0 saturated carbocycles. The molecule has 2 aromatic carbocycles. The molecule has 0 aliphatic heterocycles. The number of rotatable bonds is 8. The van der Waals surface area contributed by atoms with E-state index in [0.29, 0.717) is 18.1 Å². The van der Waals surface area contributed by atoms with Crippen molar-refractivity contribution < 1.29 is 9.53 Å². The van der Waals surface area contributed by atoms with Gasteiger partial charge in [-0.05, 0) is 48.7 Å². The van der Waals surface area contributed by atoms with Crippen LogP contribution in [0.1, 0.15) is 16.7 Å². The fourth-order valence-electron chi connectivity index (χ4n) is 2.85. The van der Waals surface area contributed by atoms with E-state index in [9.17, 15) is 4.79 Å². The second-order valence-corrected chi connectivity index (χ2v) is 6.55. The molecule has 1 heterocycles. The van der Waals surface area contributed by atoms with Crippen LogP contribution in [0.3, 0.4) is 0 Å². The van der Waals surface area contributed by atoms with Crippen LogP contribution in [0.2, 0.25) is 0 Å². The summed E-state index contributed by atoms with van der Waals surface area (Å²) in [5.74, 6) is 1.84. The van der Waals surface area contributed by atoms with Crippen LogP contribution in [-0.2, 0) is 17.6 Å². The first-order chi connectivity index (χ1) is 13.6. The Morgan fingerprint density at radius 3 is 2.46 bits per heavy atom. The van der Waals surface area contributed by atoms with Crippen molar-refractivity contribution in [1.82, 2.24) is 10.2 Å². The maximum absolute atomic E-state index is 12.2. The lowest BCUT2D eigenvalue weighted by Crippen LogP contribution is -2.16. The number of carbonyl (C=O) groups excluding carboxylic acids is 1. The number of aromatic nitrogens is 2. The van der Waals surface area contributed by atoms with Crippen LogP contribution in [0.4, 0.5) is 11.6 Å². The predicted octanol–water partition coefficient (Wildman–Crippen LogP) is 3.63. The molecule has 1 amide bonds. The topological polar surface area (TPSA) is 76.1 Å². The van der Waals surface area contributed by atoms with Gasteiger partial charge >= 0.3 is 0 Å². The first kappa shape index (κ1) is 19.4. The number of carbonyl (C=O) groups is 1. The number of hydrogen-bond acceptors (Lipinski definition) is 5. The van der Waals surface area contributed by atoms with Crippen molar-refractivity contribution in [2.24, 2.45) is 0 Å². The Hall–Kier alpha value is -3.41. The number of hydrogen-bond donors (Lipinski definition) is 2. The summed E-state index contributed by atoms with van der Waals surface area (Å²) in [5, 5.41) is 14.2. The summed E-state index contributed by atoms with van der Waals surface area (Å²) in [4.78, 5) is 12.2. The molecule has 0 bridgehead atoms. The molecule has 3 rings (SSSR count). The van der Waals surface area contributed by atoms with E-state index in [1.54, 1.807) is 19.2 Å². The second-order valence-electron chi connectivity index (χ2n) is 6.55. The first-order valence-corrected chi connectivity index (χ1v) is 9.18. The smallest absolute Gasteiger partial charge is 0.229 e. The summed E-state index contributed by atoms with van der Waals surface area (Å²) in [6.07, 6.45) is 1.15. The molecule has 144 valence electrons. The van der Waals surface area contributed by atoms with Crippen molar-refractivity contribution >= 4 is 17.5 Å². The van der Waals surface area contributed by atoms with E-state index in [1.807, 2.05) is 49.4 Å². The van der Waals surface area contributed by atoms with Crippen molar-refractivity contribution in [3.8, 4) is 5.75 Å². The van der Waals surface area contributed by atoms with Gasteiger partial charge in [0, 0.05) is 6.54 Å². The summed E-state index contributed by atoms with van der Waals surface area (Å²) in [6, 6.07) is 19.4. The molecule has 0 spiro atoms. The molecule has 28 heavy (non-hydrogen) atoms. The molecule has 0 saturated heterocycles. The number of aryl methyl sites for hydroxylation is 1. The number of benzene rings is 2. The van der Waals surface area contributed by atoms with Crippen LogP contribution in [0.25, 0.3) is 0 Å². The fraction of sp³-hybridized carbons (Fsp3) is 0.227. The molecule has 0 aliphatic rings. The number of ether oxygens (including phenoxy) is 1. The lowest BCUT2D eigenvalue weighted by molar-refractivity contribution is -0.115. The molecule has 6 nitrogen and oxygen atoms in total. The minimum Gasteiger partial charge on any atom is -0.497 e. The first-order valence-electron chi connectivity index (χ1n) is 9.18. The van der Waals surface area contributed by atoms with Crippen molar-refractivity contribution in [3.05, 3.63) is 77.4 Å². The standard InChI is InChI=1S/C22H24N4O2/c1-16-5-3-7-18(13-16)15-22(27)24-21-10-9-20(25-26-21)23-12-11-17-6-4-8-19(14-17)28-2/h3-10,13-14H,11-12,15H2,1-2H3,(H,23,25)(H,24,26,27). The van der Waals surface area contributed by atoms with Crippen molar-refractivity contribution in [2.45, 2.75) is 19.8 Å². The highest BCUT2D eigenvalue weighted by molar-refractivity contribution is 5.91.